The highest BCUT2D eigenvalue weighted by atomic mass is 16.5. The SMILES string of the molecule is C=C1C=C2C(=CC=C3[C@@]2(C)CC[C@@]2(C)[C@@H]4C[C@](C)(C(=O)O)CC[C@]4(C)CC[C@]32C)[C@](C)(CO)[C@H]1O.CO[C@@]1(C)C2=CC=C3[C@@](C)(CC[C@@]4(C)[C@@H]5C[C@](C)(C(=O)O)CC[C@]5(C)CC[C@]34C)C2=CC(=O)C1=NCC(N)=O. The highest BCUT2D eigenvalue weighted by Crippen LogP contribution is 2.78. The number of aliphatic hydroxyl groups excluding tert-OH is 2. The minimum Gasteiger partial charge on any atom is -0.481 e. The van der Waals surface area contributed by atoms with Crippen LogP contribution in [-0.4, -0.2) is 81.7 Å². The molecule has 404 valence electrons. The summed E-state index contributed by atoms with van der Waals surface area (Å²) < 4.78 is 5.97. The normalized spacial score (nSPS) is 48.5. The van der Waals surface area contributed by atoms with Gasteiger partial charge in [0.25, 0.3) is 0 Å². The summed E-state index contributed by atoms with van der Waals surface area (Å²) in [6.45, 7) is 30.6. The number of rotatable bonds is 6. The lowest BCUT2D eigenvalue weighted by molar-refractivity contribution is -0.178. The molecule has 0 bridgehead atoms. The van der Waals surface area contributed by atoms with Crippen molar-refractivity contribution in [3.63, 3.8) is 0 Å². The van der Waals surface area contributed by atoms with E-state index in [1.54, 1.807) is 13.2 Å². The average molecular weight is 1020 g/mol. The molecular formula is C63H88N2O9. The molecule has 0 heterocycles. The third-order valence-electron chi connectivity index (χ3n) is 24.7. The lowest BCUT2D eigenvalue weighted by Crippen LogP contribution is -2.62. The number of ketones is 1. The Morgan fingerprint density at radius 3 is 1.49 bits per heavy atom. The second-order valence-electron chi connectivity index (χ2n) is 28.4. The molecule has 0 spiro atoms. The monoisotopic (exact) mass is 1020 g/mol. The number of nitrogens with zero attached hydrogens (tertiary/aromatic N) is 1. The van der Waals surface area contributed by atoms with Crippen LogP contribution in [0.2, 0.25) is 0 Å². The molecule has 0 aliphatic heterocycles. The lowest BCUT2D eigenvalue weighted by atomic mass is 9.34. The number of carbonyl (C=O) groups excluding carboxylic acids is 2. The fourth-order valence-corrected chi connectivity index (χ4v) is 18.7. The molecule has 74 heavy (non-hydrogen) atoms. The van der Waals surface area contributed by atoms with Gasteiger partial charge >= 0.3 is 11.9 Å². The first-order valence-electron chi connectivity index (χ1n) is 27.8. The summed E-state index contributed by atoms with van der Waals surface area (Å²) in [4.78, 5) is 53.9. The Balaban J connectivity index is 0.000000183. The summed E-state index contributed by atoms with van der Waals surface area (Å²) in [5.74, 6) is -1.50. The van der Waals surface area contributed by atoms with Gasteiger partial charge in [-0.25, -0.2) is 0 Å². The summed E-state index contributed by atoms with van der Waals surface area (Å²) in [6.07, 6.45) is 24.9. The Hall–Kier alpha value is -4.19. The first-order valence-corrected chi connectivity index (χ1v) is 27.8. The van der Waals surface area contributed by atoms with Gasteiger partial charge in [-0.1, -0.05) is 110 Å². The Morgan fingerprint density at radius 2 is 1.07 bits per heavy atom. The largest absolute Gasteiger partial charge is 0.481 e. The van der Waals surface area contributed by atoms with Crippen LogP contribution in [0.1, 0.15) is 173 Å². The van der Waals surface area contributed by atoms with E-state index in [1.165, 1.54) is 16.7 Å². The standard InChI is InChI=1S/C32H44N2O5.C31H44O4/c1-27-10-11-28(2,26(37)38)17-23(27)31(5)15-13-29(3)20-16-21(35)25(34-18-24(33)36)32(6,39-7)19(20)8-9-22(29)30(31,4)14-12-27;1-19-16-21-20(29(5,18-32)24(19)33)8-9-22-28(21,4)13-15-31(7)23-17-27(3,25(34)35)11-10-26(23,2)12-14-30(22,31)6/h8-9,16,23H,10-15,17-18H2,1-7H3,(H2,33,36)(H,37,38);8-9,16,23-24,32-33H,1,10-15,17-18H2,2-7H3,(H,34,35)/t23-,27-,28-,29+,30-,31+,32+;23-,24+,26-,27-,28+,29+,30-,31+/m11/s1. The Morgan fingerprint density at radius 1 is 0.635 bits per heavy atom. The number of hydrogen-bond acceptors (Lipinski definition) is 8. The molecule has 6 fully saturated rings. The topological polar surface area (TPSA) is 197 Å². The number of carboxylic acid groups (broad SMARTS) is 2. The number of aliphatic imine (C=N–C) groups is 1. The lowest BCUT2D eigenvalue weighted by Gasteiger charge is -2.70. The van der Waals surface area contributed by atoms with Crippen molar-refractivity contribution in [2.75, 3.05) is 20.3 Å². The van der Waals surface area contributed by atoms with Crippen molar-refractivity contribution < 1.29 is 44.3 Å². The van der Waals surface area contributed by atoms with E-state index in [4.69, 9.17) is 10.5 Å². The van der Waals surface area contributed by atoms with Crippen molar-refractivity contribution >= 4 is 29.3 Å². The van der Waals surface area contributed by atoms with Crippen LogP contribution < -0.4 is 5.73 Å². The molecule has 1 amide bonds. The minimum atomic E-state index is -1.08. The maximum atomic E-state index is 13.5. The van der Waals surface area contributed by atoms with Crippen LogP contribution >= 0.6 is 0 Å². The molecule has 0 unspecified atom stereocenters. The molecule has 10 rings (SSSR count). The first kappa shape index (κ1) is 54.6. The van der Waals surface area contributed by atoms with E-state index < -0.39 is 45.8 Å². The molecule has 0 aromatic rings. The van der Waals surface area contributed by atoms with Crippen LogP contribution in [0.5, 0.6) is 0 Å². The number of fused-ring (bicyclic) bond motifs is 14. The molecule has 6 N–H and O–H groups in total. The molecule has 0 radical (unpaired) electrons. The third-order valence-corrected chi connectivity index (χ3v) is 24.7. The molecule has 6 saturated carbocycles. The molecule has 0 aromatic heterocycles. The zero-order valence-corrected chi connectivity index (χ0v) is 47.1. The number of allylic oxidation sites excluding steroid dienone is 8. The smallest absolute Gasteiger partial charge is 0.309 e. The predicted octanol–water partition coefficient (Wildman–Crippen LogP) is 11.4. The van der Waals surface area contributed by atoms with E-state index in [9.17, 15) is 39.6 Å². The van der Waals surface area contributed by atoms with Crippen LogP contribution in [0.4, 0.5) is 0 Å². The number of nitrogens with two attached hydrogens (primary N) is 1. The number of aliphatic hydroxyl groups is 2. The van der Waals surface area contributed by atoms with Crippen LogP contribution in [0.3, 0.4) is 0 Å². The highest BCUT2D eigenvalue weighted by Gasteiger charge is 2.70. The van der Waals surface area contributed by atoms with Crippen LogP contribution in [0.25, 0.3) is 0 Å². The summed E-state index contributed by atoms with van der Waals surface area (Å²) in [5.41, 5.74) is 9.48. The second kappa shape index (κ2) is 16.9. The zero-order chi connectivity index (χ0) is 54.6. The van der Waals surface area contributed by atoms with Crippen molar-refractivity contribution in [2.45, 2.75) is 185 Å². The number of aliphatic carboxylic acids is 2. The van der Waals surface area contributed by atoms with Gasteiger partial charge in [0.05, 0.1) is 23.5 Å². The maximum absolute atomic E-state index is 13.5. The number of primary amides is 1. The van der Waals surface area contributed by atoms with E-state index in [1.807, 2.05) is 27.7 Å². The molecule has 10 aliphatic carbocycles. The summed E-state index contributed by atoms with van der Waals surface area (Å²) >= 11 is 0. The van der Waals surface area contributed by atoms with Crippen molar-refractivity contribution in [2.24, 2.45) is 82.1 Å². The third kappa shape index (κ3) is 7.08. The zero-order valence-electron chi connectivity index (χ0n) is 47.1. The van der Waals surface area contributed by atoms with Gasteiger partial charge < -0.3 is 30.9 Å². The number of carboxylic acids is 2. The van der Waals surface area contributed by atoms with Gasteiger partial charge in [0.2, 0.25) is 11.7 Å². The number of methoxy groups -OCH3 is 1. The van der Waals surface area contributed by atoms with Crippen LogP contribution in [-0.2, 0) is 23.9 Å². The van der Waals surface area contributed by atoms with Gasteiger partial charge in [0.1, 0.15) is 17.9 Å². The number of ether oxygens (including phenoxy) is 1. The second-order valence-corrected chi connectivity index (χ2v) is 28.4. The van der Waals surface area contributed by atoms with Gasteiger partial charge in [0.15, 0.2) is 0 Å². The molecule has 11 nitrogen and oxygen atoms in total. The van der Waals surface area contributed by atoms with Gasteiger partial charge in [-0.05, 0) is 189 Å². The molecule has 10 aliphatic rings. The van der Waals surface area contributed by atoms with Crippen LogP contribution in [0.15, 0.2) is 87.0 Å². The molecule has 15 atom stereocenters. The van der Waals surface area contributed by atoms with E-state index >= 15 is 0 Å². The van der Waals surface area contributed by atoms with E-state index in [0.717, 1.165) is 100 Å². The maximum Gasteiger partial charge on any atom is 0.309 e. The van der Waals surface area contributed by atoms with Crippen molar-refractivity contribution in [1.82, 2.24) is 0 Å². The fraction of sp³-hybridized carbons (Fsp3) is 0.698. The van der Waals surface area contributed by atoms with Crippen molar-refractivity contribution in [3.05, 3.63) is 82.0 Å². The van der Waals surface area contributed by atoms with Crippen LogP contribution in [0, 0.1) is 71.4 Å². The molecule has 0 saturated heterocycles. The Labute approximate surface area is 441 Å². The summed E-state index contributed by atoms with van der Waals surface area (Å²) in [6, 6.07) is 0. The van der Waals surface area contributed by atoms with Gasteiger partial charge in [-0.15, -0.1) is 0 Å². The van der Waals surface area contributed by atoms with Crippen molar-refractivity contribution in [1.29, 1.82) is 0 Å². The Bertz CT molecular complexity index is 2760. The van der Waals surface area contributed by atoms with Gasteiger partial charge in [-0.3, -0.25) is 24.2 Å². The minimum absolute atomic E-state index is 0.0137. The number of hydrogen-bond donors (Lipinski definition) is 5. The van der Waals surface area contributed by atoms with E-state index in [0.29, 0.717) is 23.8 Å². The number of amides is 1. The van der Waals surface area contributed by atoms with E-state index in [-0.39, 0.29) is 68.0 Å². The van der Waals surface area contributed by atoms with Gasteiger partial charge in [-0.2, -0.15) is 0 Å². The van der Waals surface area contributed by atoms with Crippen molar-refractivity contribution in [3.8, 4) is 0 Å². The Kier molecular flexibility index (Phi) is 12.5. The predicted molar refractivity (Wildman–Crippen MR) is 289 cm³/mol. The molecule has 0 aromatic carbocycles. The molecule has 11 heteroatoms. The fourth-order valence-electron chi connectivity index (χ4n) is 18.7. The average Bonchev–Trinajstić information content (AvgIpc) is 3.34. The quantitative estimate of drug-likeness (QED) is 0.172. The van der Waals surface area contributed by atoms with E-state index in [2.05, 4.69) is 97.3 Å². The highest BCUT2D eigenvalue weighted by molar-refractivity contribution is 6.49. The first-order chi connectivity index (χ1) is 34.1. The molecular weight excluding hydrogens is 929 g/mol. The van der Waals surface area contributed by atoms with Gasteiger partial charge in [0, 0.05) is 23.4 Å². The summed E-state index contributed by atoms with van der Waals surface area (Å²) in [5, 5.41) is 41.6. The number of carbonyl (C=O) groups is 4. The summed E-state index contributed by atoms with van der Waals surface area (Å²) in [7, 11) is 1.57.